The molecule has 0 aliphatic heterocycles. The maximum Gasteiger partial charge on any atom is 0.212 e. The van der Waals surface area contributed by atoms with Crippen molar-refractivity contribution in [2.24, 2.45) is 4.99 Å². The summed E-state index contributed by atoms with van der Waals surface area (Å²) in [5.41, 5.74) is 1.94. The van der Waals surface area contributed by atoms with Crippen molar-refractivity contribution < 1.29 is 5.11 Å². The van der Waals surface area contributed by atoms with Gasteiger partial charge in [-0.15, -0.1) is 0 Å². The molecule has 1 N–H and O–H groups in total. The van der Waals surface area contributed by atoms with Gasteiger partial charge in [-0.1, -0.05) is 59.3 Å². The van der Waals surface area contributed by atoms with E-state index in [0.717, 1.165) is 12.1 Å². The number of aromatic nitrogens is 1. The molecule has 0 atom stereocenters. The predicted octanol–water partition coefficient (Wildman–Crippen LogP) is 5.63. The third kappa shape index (κ3) is 4.12. The van der Waals surface area contributed by atoms with E-state index in [0.29, 0.717) is 20.4 Å². The van der Waals surface area contributed by atoms with Crippen molar-refractivity contribution in [2.75, 3.05) is 0 Å². The van der Waals surface area contributed by atoms with Crippen LogP contribution in [0.1, 0.15) is 10.4 Å². The molecule has 0 radical (unpaired) electrons. The third-order valence-corrected chi connectivity index (χ3v) is 5.11. The van der Waals surface area contributed by atoms with Crippen molar-refractivity contribution >= 4 is 47.1 Å². The standard InChI is InChI=1S/C18H15ClN2OS2/c19-14-7-4-8-15(11-14)20-12-16-17(22)21(18(23)24-16)10-9-13-5-2-1-3-6-13/h1-8,11-12,22H,9-10H2. The molecule has 0 aliphatic rings. The van der Waals surface area contributed by atoms with Gasteiger partial charge in [-0.2, -0.15) is 0 Å². The van der Waals surface area contributed by atoms with E-state index in [4.69, 9.17) is 23.8 Å². The number of halogens is 1. The van der Waals surface area contributed by atoms with Crippen LogP contribution in [-0.2, 0) is 13.0 Å². The smallest absolute Gasteiger partial charge is 0.212 e. The van der Waals surface area contributed by atoms with E-state index in [1.54, 1.807) is 22.9 Å². The maximum atomic E-state index is 10.4. The highest BCUT2D eigenvalue weighted by Gasteiger charge is 2.10. The molecule has 0 saturated carbocycles. The van der Waals surface area contributed by atoms with Crippen molar-refractivity contribution in [3.63, 3.8) is 0 Å². The lowest BCUT2D eigenvalue weighted by Crippen LogP contribution is -2.00. The molecule has 0 bridgehead atoms. The molecule has 3 rings (SSSR count). The average molecular weight is 375 g/mol. The molecule has 1 heterocycles. The molecule has 0 spiro atoms. The molecule has 0 saturated heterocycles. The van der Waals surface area contributed by atoms with Gasteiger partial charge >= 0.3 is 0 Å². The van der Waals surface area contributed by atoms with Crippen LogP contribution in [0.15, 0.2) is 59.6 Å². The summed E-state index contributed by atoms with van der Waals surface area (Å²) in [4.78, 5) is 5.00. The number of nitrogens with zero attached hydrogens (tertiary/aromatic N) is 2. The van der Waals surface area contributed by atoms with Crippen LogP contribution in [0.25, 0.3) is 0 Å². The summed E-state index contributed by atoms with van der Waals surface area (Å²) in [7, 11) is 0. The van der Waals surface area contributed by atoms with Crippen LogP contribution in [0.4, 0.5) is 5.69 Å². The van der Waals surface area contributed by atoms with Crippen LogP contribution in [-0.4, -0.2) is 15.9 Å². The second-order valence-electron chi connectivity index (χ2n) is 5.18. The zero-order valence-corrected chi connectivity index (χ0v) is 15.1. The Morgan fingerprint density at radius 3 is 2.71 bits per heavy atom. The van der Waals surface area contributed by atoms with Gasteiger partial charge in [0.05, 0.1) is 11.9 Å². The second kappa shape index (κ2) is 7.75. The van der Waals surface area contributed by atoms with E-state index in [-0.39, 0.29) is 5.88 Å². The van der Waals surface area contributed by atoms with Gasteiger partial charge < -0.3 is 5.11 Å². The van der Waals surface area contributed by atoms with Crippen molar-refractivity contribution in [1.82, 2.24) is 4.57 Å². The summed E-state index contributed by atoms with van der Waals surface area (Å²) in [5.74, 6) is 0.159. The van der Waals surface area contributed by atoms with E-state index >= 15 is 0 Å². The fourth-order valence-corrected chi connectivity index (χ4v) is 3.69. The van der Waals surface area contributed by atoms with Crippen LogP contribution in [0, 0.1) is 3.95 Å². The number of aryl methyl sites for hydroxylation is 1. The van der Waals surface area contributed by atoms with Gasteiger partial charge in [0, 0.05) is 11.6 Å². The predicted molar refractivity (Wildman–Crippen MR) is 104 cm³/mol. The lowest BCUT2D eigenvalue weighted by molar-refractivity contribution is 0.415. The molecule has 1 aromatic heterocycles. The minimum Gasteiger partial charge on any atom is -0.493 e. The van der Waals surface area contributed by atoms with Crippen LogP contribution in [0.3, 0.4) is 0 Å². The van der Waals surface area contributed by atoms with Crippen molar-refractivity contribution in [2.45, 2.75) is 13.0 Å². The Bertz CT molecular complexity index is 916. The van der Waals surface area contributed by atoms with E-state index in [1.165, 1.54) is 16.9 Å². The number of aromatic hydroxyl groups is 1. The summed E-state index contributed by atoms with van der Waals surface area (Å²) in [6.07, 6.45) is 2.44. The van der Waals surface area contributed by atoms with Crippen LogP contribution < -0.4 is 0 Å². The fourth-order valence-electron chi connectivity index (χ4n) is 2.27. The SMILES string of the molecule is Oc1c(C=Nc2cccc(Cl)c2)sc(=S)n1CCc1ccccc1. The van der Waals surface area contributed by atoms with Gasteiger partial charge in [0.15, 0.2) is 3.95 Å². The van der Waals surface area contributed by atoms with Gasteiger partial charge in [-0.25, -0.2) is 0 Å². The van der Waals surface area contributed by atoms with Gasteiger partial charge in [-0.3, -0.25) is 9.56 Å². The largest absolute Gasteiger partial charge is 0.493 e. The molecule has 3 nitrogen and oxygen atoms in total. The highest BCUT2D eigenvalue weighted by Crippen LogP contribution is 2.26. The Kier molecular flexibility index (Phi) is 5.45. The lowest BCUT2D eigenvalue weighted by atomic mass is 10.1. The van der Waals surface area contributed by atoms with Crippen molar-refractivity contribution in [1.29, 1.82) is 0 Å². The minimum absolute atomic E-state index is 0.159. The number of rotatable bonds is 5. The normalized spacial score (nSPS) is 11.2. The Labute approximate surface area is 154 Å². The molecular formula is C18H15ClN2OS2. The Hall–Kier alpha value is -1.95. The molecular weight excluding hydrogens is 360 g/mol. The number of hydrogen-bond donors (Lipinski definition) is 1. The van der Waals surface area contributed by atoms with E-state index < -0.39 is 0 Å². The summed E-state index contributed by atoms with van der Waals surface area (Å²) in [6, 6.07) is 17.4. The number of aliphatic imine (C=N–C) groups is 1. The molecule has 0 unspecified atom stereocenters. The summed E-state index contributed by atoms with van der Waals surface area (Å²) < 4.78 is 2.38. The van der Waals surface area contributed by atoms with Crippen LogP contribution in [0.2, 0.25) is 5.02 Å². The minimum atomic E-state index is 0.159. The maximum absolute atomic E-state index is 10.4. The molecule has 0 amide bonds. The fraction of sp³-hybridized carbons (Fsp3) is 0.111. The highest BCUT2D eigenvalue weighted by atomic mass is 35.5. The first-order chi connectivity index (χ1) is 11.6. The summed E-state index contributed by atoms with van der Waals surface area (Å²) >= 11 is 12.7. The molecule has 2 aromatic carbocycles. The average Bonchev–Trinajstić information content (AvgIpc) is 2.86. The van der Waals surface area contributed by atoms with Crippen molar-refractivity contribution in [3.05, 3.63) is 74.0 Å². The number of hydrogen-bond acceptors (Lipinski definition) is 4. The monoisotopic (exact) mass is 374 g/mol. The Morgan fingerprint density at radius 1 is 1.17 bits per heavy atom. The topological polar surface area (TPSA) is 37.5 Å². The lowest BCUT2D eigenvalue weighted by Gasteiger charge is -2.04. The molecule has 122 valence electrons. The third-order valence-electron chi connectivity index (χ3n) is 3.50. The van der Waals surface area contributed by atoms with Crippen molar-refractivity contribution in [3.8, 4) is 5.88 Å². The quantitative estimate of drug-likeness (QED) is 0.464. The number of thiazole rings is 1. The van der Waals surface area contributed by atoms with Crippen LogP contribution in [0.5, 0.6) is 5.88 Å². The van der Waals surface area contributed by atoms with Gasteiger partial charge in [-0.05, 0) is 42.4 Å². The highest BCUT2D eigenvalue weighted by molar-refractivity contribution is 7.73. The van der Waals surface area contributed by atoms with Gasteiger partial charge in [0.1, 0.15) is 4.88 Å². The first-order valence-corrected chi connectivity index (χ1v) is 9.00. The van der Waals surface area contributed by atoms with Crippen LogP contribution >= 0.6 is 35.2 Å². The van der Waals surface area contributed by atoms with E-state index in [9.17, 15) is 5.11 Å². The number of benzene rings is 2. The Morgan fingerprint density at radius 2 is 1.96 bits per heavy atom. The second-order valence-corrected chi connectivity index (χ2v) is 7.29. The van der Waals surface area contributed by atoms with E-state index in [1.807, 2.05) is 30.3 Å². The summed E-state index contributed by atoms with van der Waals surface area (Å²) in [5, 5.41) is 11.0. The molecule has 6 heteroatoms. The zero-order chi connectivity index (χ0) is 16.9. The summed E-state index contributed by atoms with van der Waals surface area (Å²) in [6.45, 7) is 0.635. The molecule has 0 aliphatic carbocycles. The van der Waals surface area contributed by atoms with Gasteiger partial charge in [0.25, 0.3) is 0 Å². The van der Waals surface area contributed by atoms with E-state index in [2.05, 4.69) is 17.1 Å². The Balaban J connectivity index is 1.78. The molecule has 24 heavy (non-hydrogen) atoms. The van der Waals surface area contributed by atoms with Gasteiger partial charge in [0.2, 0.25) is 5.88 Å². The first kappa shape index (κ1) is 16.9. The molecule has 3 aromatic rings. The first-order valence-electron chi connectivity index (χ1n) is 7.39. The zero-order valence-electron chi connectivity index (χ0n) is 12.7. The molecule has 0 fully saturated rings.